The van der Waals surface area contributed by atoms with Gasteiger partial charge in [0.2, 0.25) is 5.91 Å². The number of aryl methyl sites for hydroxylation is 2. The van der Waals surface area contributed by atoms with E-state index in [4.69, 9.17) is 4.74 Å². The van der Waals surface area contributed by atoms with E-state index in [0.717, 1.165) is 33.3 Å². The molecule has 3 heterocycles. The lowest BCUT2D eigenvalue weighted by atomic mass is 10.1. The summed E-state index contributed by atoms with van der Waals surface area (Å²) in [5, 5.41) is 16.0. The molecule has 0 aliphatic heterocycles. The second kappa shape index (κ2) is 5.66. The molecule has 0 aliphatic carbocycles. The molecule has 0 aliphatic rings. The minimum Gasteiger partial charge on any atom is -0.496 e. The number of nitrogens with one attached hydrogen (secondary N) is 3. The number of nitrogens with zero attached hydrogens (tertiary/aromatic N) is 3. The lowest BCUT2D eigenvalue weighted by Gasteiger charge is -2.05. The van der Waals surface area contributed by atoms with E-state index < -0.39 is 0 Å². The van der Waals surface area contributed by atoms with Crippen molar-refractivity contribution in [1.29, 1.82) is 0 Å². The molecule has 0 bridgehead atoms. The normalized spacial score (nSPS) is 11.3. The van der Waals surface area contributed by atoms with Gasteiger partial charge in [-0.15, -0.1) is 0 Å². The summed E-state index contributed by atoms with van der Waals surface area (Å²) in [5.41, 5.74) is 3.34. The standard InChI is InChI=1S/C17H18N6O2/c1-9-14-16(20-21-17(14)23(2)22-9)19-13(24)7-10-8-18-11-5-4-6-12(25-3)15(10)11/h4-6,8,18H,7H2,1-3H3,(H2,19,20,21,24). The fourth-order valence-corrected chi connectivity index (χ4v) is 3.21. The van der Waals surface area contributed by atoms with Crippen LogP contribution in [0.25, 0.3) is 21.9 Å². The maximum Gasteiger partial charge on any atom is 0.230 e. The van der Waals surface area contributed by atoms with Crippen LogP contribution in [0.1, 0.15) is 11.3 Å². The van der Waals surface area contributed by atoms with Gasteiger partial charge in [0.1, 0.15) is 11.6 Å². The van der Waals surface area contributed by atoms with Crippen LogP contribution in [-0.2, 0) is 18.3 Å². The Morgan fingerprint density at radius 3 is 3.00 bits per heavy atom. The zero-order valence-corrected chi connectivity index (χ0v) is 14.2. The molecule has 0 atom stereocenters. The molecule has 0 unspecified atom stereocenters. The van der Waals surface area contributed by atoms with Gasteiger partial charge >= 0.3 is 0 Å². The van der Waals surface area contributed by atoms with Gasteiger partial charge in [-0.3, -0.25) is 9.89 Å². The zero-order chi connectivity index (χ0) is 17.6. The van der Waals surface area contributed by atoms with Crippen LogP contribution in [0.3, 0.4) is 0 Å². The number of anilines is 1. The number of benzene rings is 1. The highest BCUT2D eigenvalue weighted by Crippen LogP contribution is 2.29. The Balaban J connectivity index is 1.62. The number of carbonyl (C=O) groups excluding carboxylic acids is 1. The first-order valence-corrected chi connectivity index (χ1v) is 7.89. The molecule has 0 saturated heterocycles. The number of H-pyrrole nitrogens is 2. The molecule has 0 radical (unpaired) electrons. The maximum absolute atomic E-state index is 12.5. The highest BCUT2D eigenvalue weighted by atomic mass is 16.5. The molecule has 0 saturated carbocycles. The lowest BCUT2D eigenvalue weighted by Crippen LogP contribution is -2.14. The quantitative estimate of drug-likeness (QED) is 0.531. The molecule has 8 nitrogen and oxygen atoms in total. The van der Waals surface area contributed by atoms with Gasteiger partial charge in [0, 0.05) is 24.1 Å². The number of aromatic nitrogens is 5. The lowest BCUT2D eigenvalue weighted by molar-refractivity contribution is -0.115. The van der Waals surface area contributed by atoms with Gasteiger partial charge < -0.3 is 15.0 Å². The largest absolute Gasteiger partial charge is 0.496 e. The number of aromatic amines is 2. The SMILES string of the molecule is COc1cccc2[nH]cc(CC(=O)Nc3[nH]nc4c3c(C)nn4C)c12. The third-order valence-corrected chi connectivity index (χ3v) is 4.30. The fraction of sp³-hybridized carbons (Fsp3) is 0.235. The first-order valence-electron chi connectivity index (χ1n) is 7.89. The van der Waals surface area contributed by atoms with Crippen LogP contribution in [0.4, 0.5) is 5.82 Å². The van der Waals surface area contributed by atoms with Gasteiger partial charge in [-0.25, -0.2) is 4.68 Å². The second-order valence-electron chi connectivity index (χ2n) is 5.93. The molecule has 128 valence electrons. The first-order chi connectivity index (χ1) is 12.1. The van der Waals surface area contributed by atoms with Crippen LogP contribution in [0.2, 0.25) is 0 Å². The van der Waals surface area contributed by atoms with Gasteiger partial charge in [0.15, 0.2) is 5.65 Å². The Morgan fingerprint density at radius 2 is 2.20 bits per heavy atom. The zero-order valence-electron chi connectivity index (χ0n) is 14.2. The molecule has 0 fully saturated rings. The van der Waals surface area contributed by atoms with Gasteiger partial charge in [0.05, 0.1) is 24.6 Å². The van der Waals surface area contributed by atoms with E-state index in [1.807, 2.05) is 38.4 Å². The Morgan fingerprint density at radius 1 is 1.36 bits per heavy atom. The third-order valence-electron chi connectivity index (χ3n) is 4.30. The minimum absolute atomic E-state index is 0.138. The summed E-state index contributed by atoms with van der Waals surface area (Å²) < 4.78 is 7.09. The van der Waals surface area contributed by atoms with Crippen LogP contribution >= 0.6 is 0 Å². The monoisotopic (exact) mass is 338 g/mol. The number of hydrogen-bond donors (Lipinski definition) is 3. The summed E-state index contributed by atoms with van der Waals surface area (Å²) in [6.45, 7) is 1.89. The summed E-state index contributed by atoms with van der Waals surface area (Å²) in [6.07, 6.45) is 2.06. The van der Waals surface area contributed by atoms with Gasteiger partial charge in [0.25, 0.3) is 0 Å². The molecule has 0 spiro atoms. The van der Waals surface area contributed by atoms with Crippen LogP contribution in [0, 0.1) is 6.92 Å². The minimum atomic E-state index is -0.138. The van der Waals surface area contributed by atoms with E-state index in [1.165, 1.54) is 0 Å². The molecule has 1 amide bonds. The smallest absolute Gasteiger partial charge is 0.230 e. The van der Waals surface area contributed by atoms with Crippen molar-refractivity contribution >= 4 is 33.7 Å². The number of methoxy groups -OCH3 is 1. The van der Waals surface area contributed by atoms with Crippen molar-refractivity contribution in [3.8, 4) is 5.75 Å². The molecule has 4 aromatic rings. The summed E-state index contributed by atoms with van der Waals surface area (Å²) in [5.74, 6) is 1.17. The predicted molar refractivity (Wildman–Crippen MR) is 94.8 cm³/mol. The second-order valence-corrected chi connectivity index (χ2v) is 5.93. The van der Waals surface area contributed by atoms with Crippen LogP contribution in [0.15, 0.2) is 24.4 Å². The topological polar surface area (TPSA) is 101 Å². The van der Waals surface area contributed by atoms with E-state index in [9.17, 15) is 4.79 Å². The summed E-state index contributed by atoms with van der Waals surface area (Å²) in [4.78, 5) is 15.7. The van der Waals surface area contributed by atoms with Gasteiger partial charge in [-0.2, -0.15) is 10.2 Å². The Bertz CT molecular complexity index is 1090. The molecule has 8 heteroatoms. The van der Waals surface area contributed by atoms with Crippen molar-refractivity contribution in [2.24, 2.45) is 7.05 Å². The van der Waals surface area contributed by atoms with E-state index in [0.29, 0.717) is 11.5 Å². The highest BCUT2D eigenvalue weighted by molar-refractivity contribution is 6.02. The Hall–Kier alpha value is -3.29. The average molecular weight is 338 g/mol. The first kappa shape index (κ1) is 15.3. The van der Waals surface area contributed by atoms with Crippen LogP contribution < -0.4 is 10.1 Å². The Labute approximate surface area is 143 Å². The third kappa shape index (κ3) is 2.42. The van der Waals surface area contributed by atoms with Crippen LogP contribution in [0.5, 0.6) is 5.75 Å². The molecule has 25 heavy (non-hydrogen) atoms. The molecular weight excluding hydrogens is 320 g/mol. The number of carbonyl (C=O) groups is 1. The number of rotatable bonds is 4. The predicted octanol–water partition coefficient (Wildman–Crippen LogP) is 2.28. The van der Waals surface area contributed by atoms with Crippen molar-refractivity contribution < 1.29 is 9.53 Å². The molecule has 3 N–H and O–H groups in total. The molecule has 4 rings (SSSR count). The number of ether oxygens (including phenoxy) is 1. The number of hydrogen-bond acceptors (Lipinski definition) is 4. The van der Waals surface area contributed by atoms with E-state index >= 15 is 0 Å². The maximum atomic E-state index is 12.5. The van der Waals surface area contributed by atoms with Crippen molar-refractivity contribution in [2.75, 3.05) is 12.4 Å². The summed E-state index contributed by atoms with van der Waals surface area (Å²) in [6, 6.07) is 5.75. The van der Waals surface area contributed by atoms with Crippen molar-refractivity contribution in [1.82, 2.24) is 25.0 Å². The van der Waals surface area contributed by atoms with Gasteiger partial charge in [-0.05, 0) is 24.6 Å². The van der Waals surface area contributed by atoms with Gasteiger partial charge in [-0.1, -0.05) is 6.07 Å². The molecule has 1 aromatic carbocycles. The molecular formula is C17H18N6O2. The van der Waals surface area contributed by atoms with E-state index in [2.05, 4.69) is 25.6 Å². The average Bonchev–Trinajstić information content (AvgIpc) is 3.26. The Kier molecular flexibility index (Phi) is 3.45. The summed E-state index contributed by atoms with van der Waals surface area (Å²) >= 11 is 0. The van der Waals surface area contributed by atoms with Crippen molar-refractivity contribution in [3.05, 3.63) is 35.7 Å². The van der Waals surface area contributed by atoms with Crippen molar-refractivity contribution in [3.63, 3.8) is 0 Å². The number of fused-ring (bicyclic) bond motifs is 2. The fourth-order valence-electron chi connectivity index (χ4n) is 3.21. The summed E-state index contributed by atoms with van der Waals surface area (Å²) in [7, 11) is 3.44. The van der Waals surface area contributed by atoms with E-state index in [-0.39, 0.29) is 12.3 Å². The van der Waals surface area contributed by atoms with E-state index in [1.54, 1.807) is 11.8 Å². The number of amides is 1. The highest BCUT2D eigenvalue weighted by Gasteiger charge is 2.17. The van der Waals surface area contributed by atoms with Crippen LogP contribution in [-0.4, -0.2) is 38.0 Å². The molecule has 3 aromatic heterocycles. The van der Waals surface area contributed by atoms with Crippen molar-refractivity contribution in [2.45, 2.75) is 13.3 Å².